The van der Waals surface area contributed by atoms with E-state index in [4.69, 9.17) is 4.74 Å². The van der Waals surface area contributed by atoms with Gasteiger partial charge in [0, 0.05) is 22.0 Å². The summed E-state index contributed by atoms with van der Waals surface area (Å²) in [5.74, 6) is 1.60. The van der Waals surface area contributed by atoms with Crippen molar-refractivity contribution in [2.24, 2.45) is 0 Å². The van der Waals surface area contributed by atoms with Crippen LogP contribution in [0.5, 0.6) is 5.75 Å². The van der Waals surface area contributed by atoms with Crippen molar-refractivity contribution in [3.63, 3.8) is 0 Å². The Morgan fingerprint density at radius 2 is 1.88 bits per heavy atom. The summed E-state index contributed by atoms with van der Waals surface area (Å²) in [6, 6.07) is 16.0. The molecule has 34 heavy (non-hydrogen) atoms. The number of halogens is 1. The molecular weight excluding hydrogens is 534 g/mol. The van der Waals surface area contributed by atoms with E-state index in [0.717, 1.165) is 33.7 Å². The minimum Gasteiger partial charge on any atom is -0.486 e. The Morgan fingerprint density at radius 3 is 2.59 bits per heavy atom. The molecular formula is C24H24BrN5O2S2. The summed E-state index contributed by atoms with van der Waals surface area (Å²) in [7, 11) is 0. The Bertz CT molecular complexity index is 1240. The number of hydrogen-bond donors (Lipinski definition) is 1. The maximum Gasteiger partial charge on any atom is 0.236 e. The van der Waals surface area contributed by atoms with E-state index < -0.39 is 0 Å². The summed E-state index contributed by atoms with van der Waals surface area (Å²) >= 11 is 6.18. The highest BCUT2D eigenvalue weighted by Gasteiger charge is 2.15. The average molecular weight is 559 g/mol. The largest absolute Gasteiger partial charge is 0.486 e. The third-order valence-electron chi connectivity index (χ3n) is 5.03. The minimum absolute atomic E-state index is 0.138. The molecule has 0 bridgehead atoms. The molecule has 0 unspecified atom stereocenters. The standard InChI is InChI=1S/C24H24BrN5O2S2/c1-3-16-5-11-19(12-6-16)32-13-21-28-29-24(30(21)4-2)34-15-22(31)27-23-26-20(14-33-23)17-7-9-18(25)10-8-17/h5-12,14H,3-4,13,15H2,1-2H3,(H,26,27,31). The van der Waals surface area contributed by atoms with Gasteiger partial charge in [0.25, 0.3) is 0 Å². The van der Waals surface area contributed by atoms with Gasteiger partial charge in [0.1, 0.15) is 12.4 Å². The molecule has 1 N–H and O–H groups in total. The predicted molar refractivity (Wildman–Crippen MR) is 140 cm³/mol. The summed E-state index contributed by atoms with van der Waals surface area (Å²) in [6.07, 6.45) is 0.994. The highest BCUT2D eigenvalue weighted by molar-refractivity contribution is 9.10. The number of thioether (sulfide) groups is 1. The van der Waals surface area contributed by atoms with E-state index in [1.807, 2.05) is 53.3 Å². The lowest BCUT2D eigenvalue weighted by Crippen LogP contribution is -2.14. The molecule has 0 saturated heterocycles. The average Bonchev–Trinajstić information content (AvgIpc) is 3.48. The van der Waals surface area contributed by atoms with Crippen molar-refractivity contribution >= 4 is 50.1 Å². The number of hydrogen-bond acceptors (Lipinski definition) is 7. The molecule has 0 aliphatic rings. The lowest BCUT2D eigenvalue weighted by molar-refractivity contribution is -0.113. The van der Waals surface area contributed by atoms with Crippen LogP contribution in [0.25, 0.3) is 11.3 Å². The van der Waals surface area contributed by atoms with Crippen molar-refractivity contribution in [1.82, 2.24) is 19.7 Å². The first kappa shape index (κ1) is 24.4. The van der Waals surface area contributed by atoms with E-state index in [0.29, 0.717) is 23.4 Å². The number of benzene rings is 2. The van der Waals surface area contributed by atoms with Crippen LogP contribution in [0.1, 0.15) is 25.2 Å². The zero-order valence-electron chi connectivity index (χ0n) is 18.8. The van der Waals surface area contributed by atoms with Gasteiger partial charge in [-0.05, 0) is 43.2 Å². The van der Waals surface area contributed by atoms with Gasteiger partial charge in [-0.3, -0.25) is 4.79 Å². The second-order valence-electron chi connectivity index (χ2n) is 7.31. The molecule has 4 rings (SSSR count). The Hall–Kier alpha value is -2.69. The van der Waals surface area contributed by atoms with Crippen molar-refractivity contribution in [3.05, 3.63) is 69.8 Å². The number of carbonyl (C=O) groups excluding carboxylic acids is 1. The number of nitrogens with zero attached hydrogens (tertiary/aromatic N) is 4. The van der Waals surface area contributed by atoms with Crippen LogP contribution < -0.4 is 10.1 Å². The molecule has 0 aliphatic heterocycles. The molecule has 4 aromatic rings. The predicted octanol–water partition coefficient (Wildman–Crippen LogP) is 6.06. The first-order valence-corrected chi connectivity index (χ1v) is 13.5. The molecule has 176 valence electrons. The Morgan fingerprint density at radius 1 is 1.12 bits per heavy atom. The third-order valence-corrected chi connectivity index (χ3v) is 7.29. The van der Waals surface area contributed by atoms with Gasteiger partial charge >= 0.3 is 0 Å². The Labute approximate surface area is 215 Å². The monoisotopic (exact) mass is 557 g/mol. The second-order valence-corrected chi connectivity index (χ2v) is 10.0. The van der Waals surface area contributed by atoms with Crippen molar-refractivity contribution in [3.8, 4) is 17.0 Å². The molecule has 0 aliphatic carbocycles. The molecule has 1 amide bonds. The van der Waals surface area contributed by atoms with Gasteiger partial charge < -0.3 is 14.6 Å². The van der Waals surface area contributed by atoms with E-state index in [1.54, 1.807) is 0 Å². The zero-order chi connectivity index (χ0) is 23.9. The summed E-state index contributed by atoms with van der Waals surface area (Å²) in [4.78, 5) is 17.0. The van der Waals surface area contributed by atoms with Crippen LogP contribution in [0, 0.1) is 0 Å². The van der Waals surface area contributed by atoms with Crippen LogP contribution in [0.15, 0.2) is 63.5 Å². The van der Waals surface area contributed by atoms with Gasteiger partial charge in [-0.15, -0.1) is 21.5 Å². The molecule has 2 aromatic heterocycles. The highest BCUT2D eigenvalue weighted by atomic mass is 79.9. The van der Waals surface area contributed by atoms with Gasteiger partial charge in [0.2, 0.25) is 5.91 Å². The second kappa shape index (κ2) is 11.6. The van der Waals surface area contributed by atoms with E-state index in [-0.39, 0.29) is 11.7 Å². The first-order chi connectivity index (χ1) is 16.6. The van der Waals surface area contributed by atoms with Gasteiger partial charge in [-0.25, -0.2) is 4.98 Å². The number of thiazole rings is 1. The number of anilines is 1. The number of aromatic nitrogens is 4. The fourth-order valence-corrected chi connectivity index (χ4v) is 5.01. The van der Waals surface area contributed by atoms with Gasteiger partial charge in [-0.1, -0.05) is 58.9 Å². The Kier molecular flexibility index (Phi) is 8.36. The van der Waals surface area contributed by atoms with E-state index in [2.05, 4.69) is 55.5 Å². The van der Waals surface area contributed by atoms with E-state index >= 15 is 0 Å². The van der Waals surface area contributed by atoms with Crippen molar-refractivity contribution in [2.45, 2.75) is 38.6 Å². The lowest BCUT2D eigenvalue weighted by Gasteiger charge is -2.09. The van der Waals surface area contributed by atoms with Crippen LogP contribution in [-0.2, 0) is 24.4 Å². The molecule has 0 atom stereocenters. The summed E-state index contributed by atoms with van der Waals surface area (Å²) in [5, 5.41) is 14.6. The van der Waals surface area contributed by atoms with Crippen LogP contribution in [0.4, 0.5) is 5.13 Å². The van der Waals surface area contributed by atoms with E-state index in [1.165, 1.54) is 28.7 Å². The fraction of sp³-hybridized carbons (Fsp3) is 0.250. The zero-order valence-corrected chi connectivity index (χ0v) is 22.0. The molecule has 10 heteroatoms. The van der Waals surface area contributed by atoms with Crippen LogP contribution in [0.2, 0.25) is 0 Å². The SMILES string of the molecule is CCc1ccc(OCc2nnc(SCC(=O)Nc3nc(-c4ccc(Br)cc4)cs3)n2CC)cc1. The number of rotatable bonds is 10. The van der Waals surface area contributed by atoms with Gasteiger partial charge in [0.15, 0.2) is 16.1 Å². The number of nitrogens with one attached hydrogen (secondary N) is 1. The van der Waals surface area contributed by atoms with Crippen molar-refractivity contribution < 1.29 is 9.53 Å². The minimum atomic E-state index is -0.138. The Balaban J connectivity index is 1.31. The highest BCUT2D eigenvalue weighted by Crippen LogP contribution is 2.26. The third kappa shape index (κ3) is 6.25. The molecule has 0 fully saturated rings. The number of amides is 1. The van der Waals surface area contributed by atoms with Crippen LogP contribution in [0.3, 0.4) is 0 Å². The van der Waals surface area contributed by atoms with Crippen LogP contribution >= 0.6 is 39.0 Å². The molecule has 0 radical (unpaired) electrons. The van der Waals surface area contributed by atoms with Gasteiger partial charge in [0.05, 0.1) is 11.4 Å². The maximum atomic E-state index is 12.5. The number of carbonyl (C=O) groups is 1. The topological polar surface area (TPSA) is 81.9 Å². The fourth-order valence-electron chi connectivity index (χ4n) is 3.19. The number of ether oxygens (including phenoxy) is 1. The normalized spacial score (nSPS) is 10.9. The van der Waals surface area contributed by atoms with Crippen molar-refractivity contribution in [2.75, 3.05) is 11.1 Å². The summed E-state index contributed by atoms with van der Waals surface area (Å²) in [6.45, 7) is 5.15. The molecule has 2 aromatic carbocycles. The summed E-state index contributed by atoms with van der Waals surface area (Å²) in [5.41, 5.74) is 3.10. The quantitative estimate of drug-likeness (QED) is 0.239. The van der Waals surface area contributed by atoms with Crippen LogP contribution in [-0.4, -0.2) is 31.4 Å². The van der Waals surface area contributed by atoms with Crippen molar-refractivity contribution in [1.29, 1.82) is 0 Å². The molecule has 0 spiro atoms. The first-order valence-electron chi connectivity index (χ1n) is 10.8. The lowest BCUT2D eigenvalue weighted by atomic mass is 10.2. The van der Waals surface area contributed by atoms with E-state index in [9.17, 15) is 4.79 Å². The van der Waals surface area contributed by atoms with Gasteiger partial charge in [-0.2, -0.15) is 0 Å². The molecule has 2 heterocycles. The summed E-state index contributed by atoms with van der Waals surface area (Å²) < 4.78 is 8.85. The molecule has 0 saturated carbocycles. The smallest absolute Gasteiger partial charge is 0.236 e. The number of aryl methyl sites for hydroxylation is 1. The molecule has 7 nitrogen and oxygen atoms in total. The maximum absolute atomic E-state index is 12.5.